The summed E-state index contributed by atoms with van der Waals surface area (Å²) >= 11 is 5.80. The van der Waals surface area contributed by atoms with E-state index >= 15 is 0 Å². The van der Waals surface area contributed by atoms with Gasteiger partial charge in [0.1, 0.15) is 12.1 Å². The van der Waals surface area contributed by atoms with Crippen LogP contribution >= 0.6 is 11.6 Å². The molecule has 0 aliphatic carbocycles. The second-order valence-electron chi connectivity index (χ2n) is 5.73. The lowest BCUT2D eigenvalue weighted by Crippen LogP contribution is -2.46. The average Bonchev–Trinajstić information content (AvgIpc) is 3.11. The van der Waals surface area contributed by atoms with Crippen molar-refractivity contribution in [1.29, 1.82) is 0 Å². The number of likely N-dealkylation sites (tertiary alicyclic amines) is 1. The average molecular weight is 335 g/mol. The van der Waals surface area contributed by atoms with Crippen LogP contribution in [-0.2, 0) is 4.79 Å². The van der Waals surface area contributed by atoms with Gasteiger partial charge in [0, 0.05) is 18.7 Å². The van der Waals surface area contributed by atoms with Crippen molar-refractivity contribution in [1.82, 2.24) is 14.9 Å². The van der Waals surface area contributed by atoms with Gasteiger partial charge in [-0.15, -0.1) is 0 Å². The molecule has 1 N–H and O–H groups in total. The van der Waals surface area contributed by atoms with Crippen LogP contribution in [0.3, 0.4) is 0 Å². The number of carbonyl (C=O) groups is 1. The summed E-state index contributed by atoms with van der Waals surface area (Å²) in [5.74, 6) is 1.42. The lowest BCUT2D eigenvalue weighted by Gasteiger charge is -2.34. The van der Waals surface area contributed by atoms with Gasteiger partial charge in [-0.2, -0.15) is 0 Å². The van der Waals surface area contributed by atoms with E-state index in [0.29, 0.717) is 10.8 Å². The zero-order valence-corrected chi connectivity index (χ0v) is 13.7. The zero-order chi connectivity index (χ0) is 16.2. The first-order valence-electron chi connectivity index (χ1n) is 7.69. The number of nitrogens with one attached hydrogen (secondary N) is 1. The molecule has 2 atom stereocenters. The van der Waals surface area contributed by atoms with E-state index in [1.807, 2.05) is 6.92 Å². The van der Waals surface area contributed by atoms with E-state index in [0.717, 1.165) is 31.8 Å². The van der Waals surface area contributed by atoms with Crippen molar-refractivity contribution in [3.63, 3.8) is 0 Å². The van der Waals surface area contributed by atoms with Crippen molar-refractivity contribution in [2.45, 2.75) is 31.7 Å². The highest BCUT2D eigenvalue weighted by atomic mass is 35.5. The van der Waals surface area contributed by atoms with Crippen molar-refractivity contribution >= 4 is 23.3 Å². The Morgan fingerprint density at radius 2 is 2.35 bits per heavy atom. The van der Waals surface area contributed by atoms with Crippen LogP contribution in [0.5, 0.6) is 0 Å². The molecule has 3 heterocycles. The van der Waals surface area contributed by atoms with Gasteiger partial charge < -0.3 is 9.73 Å². The van der Waals surface area contributed by atoms with Gasteiger partial charge in [-0.1, -0.05) is 11.6 Å². The number of piperidine rings is 1. The topological polar surface area (TPSA) is 71.3 Å². The summed E-state index contributed by atoms with van der Waals surface area (Å²) in [6, 6.07) is 3.15. The number of rotatable bonds is 4. The predicted molar refractivity (Wildman–Crippen MR) is 87.4 cm³/mol. The largest absolute Gasteiger partial charge is 0.449 e. The van der Waals surface area contributed by atoms with E-state index in [9.17, 15) is 4.79 Å². The SMILES string of the molecule is C[C@@H](C(=O)Nc1ccc(Cl)cn1)N1CCC[C@@H](c2ncco2)C1. The van der Waals surface area contributed by atoms with Crippen LogP contribution in [0.25, 0.3) is 0 Å². The second kappa shape index (κ2) is 7.10. The highest BCUT2D eigenvalue weighted by molar-refractivity contribution is 6.30. The van der Waals surface area contributed by atoms with Gasteiger partial charge in [-0.3, -0.25) is 9.69 Å². The number of oxazole rings is 1. The highest BCUT2D eigenvalue weighted by Gasteiger charge is 2.30. The molecular weight excluding hydrogens is 316 g/mol. The Hall–Kier alpha value is -1.92. The molecule has 0 saturated carbocycles. The fraction of sp³-hybridized carbons (Fsp3) is 0.438. The van der Waals surface area contributed by atoms with Crippen LogP contribution in [0, 0.1) is 0 Å². The third-order valence-corrected chi connectivity index (χ3v) is 4.38. The molecule has 7 heteroatoms. The number of pyridine rings is 1. The van der Waals surface area contributed by atoms with E-state index in [-0.39, 0.29) is 17.9 Å². The normalized spacial score (nSPS) is 20.2. The summed E-state index contributed by atoms with van der Waals surface area (Å²) < 4.78 is 5.41. The molecule has 0 unspecified atom stereocenters. The molecule has 23 heavy (non-hydrogen) atoms. The minimum atomic E-state index is -0.245. The Morgan fingerprint density at radius 3 is 3.04 bits per heavy atom. The maximum atomic E-state index is 12.4. The summed E-state index contributed by atoms with van der Waals surface area (Å²) in [4.78, 5) is 22.9. The maximum Gasteiger partial charge on any atom is 0.242 e. The molecule has 1 amide bonds. The van der Waals surface area contributed by atoms with Crippen molar-refractivity contribution in [2.75, 3.05) is 18.4 Å². The lowest BCUT2D eigenvalue weighted by molar-refractivity contribution is -0.121. The van der Waals surface area contributed by atoms with E-state index < -0.39 is 0 Å². The summed E-state index contributed by atoms with van der Waals surface area (Å²) in [6.07, 6.45) is 6.82. The van der Waals surface area contributed by atoms with Gasteiger partial charge in [-0.25, -0.2) is 9.97 Å². The highest BCUT2D eigenvalue weighted by Crippen LogP contribution is 2.27. The van der Waals surface area contributed by atoms with Crippen LogP contribution in [0.1, 0.15) is 31.6 Å². The molecule has 2 aromatic rings. The number of aromatic nitrogens is 2. The molecule has 3 rings (SSSR count). The van der Waals surface area contributed by atoms with Crippen LogP contribution < -0.4 is 5.32 Å². The van der Waals surface area contributed by atoms with Crippen LogP contribution in [-0.4, -0.2) is 39.9 Å². The monoisotopic (exact) mass is 334 g/mol. The standard InChI is InChI=1S/C16H19ClN4O2/c1-11(15(22)20-14-5-4-13(17)9-19-14)21-7-2-3-12(10-21)16-18-6-8-23-16/h4-6,8-9,11-12H,2-3,7,10H2,1H3,(H,19,20,22)/t11-,12+/m0/s1. The van der Waals surface area contributed by atoms with Gasteiger partial charge in [0.15, 0.2) is 5.89 Å². The molecule has 6 nitrogen and oxygen atoms in total. The van der Waals surface area contributed by atoms with E-state index in [1.165, 1.54) is 6.20 Å². The Balaban J connectivity index is 1.61. The van der Waals surface area contributed by atoms with Gasteiger partial charge in [-0.05, 0) is 38.4 Å². The van der Waals surface area contributed by atoms with Gasteiger partial charge in [0.2, 0.25) is 5.91 Å². The van der Waals surface area contributed by atoms with E-state index in [2.05, 4.69) is 20.2 Å². The molecule has 0 bridgehead atoms. The van der Waals surface area contributed by atoms with Crippen molar-refractivity contribution in [3.05, 3.63) is 41.7 Å². The summed E-state index contributed by atoms with van der Waals surface area (Å²) in [7, 11) is 0. The molecule has 122 valence electrons. The number of carbonyl (C=O) groups excluding carboxylic acids is 1. The number of anilines is 1. The fourth-order valence-corrected chi connectivity index (χ4v) is 2.95. The molecule has 1 aliphatic heterocycles. The summed E-state index contributed by atoms with van der Waals surface area (Å²) in [6.45, 7) is 3.56. The Bertz CT molecular complexity index is 645. The number of hydrogen-bond acceptors (Lipinski definition) is 5. The minimum absolute atomic E-state index is 0.0760. The number of halogens is 1. The molecular formula is C16H19ClN4O2. The third-order valence-electron chi connectivity index (χ3n) is 4.16. The Kier molecular flexibility index (Phi) is 4.93. The van der Waals surface area contributed by atoms with Crippen LogP contribution in [0.4, 0.5) is 5.82 Å². The lowest BCUT2D eigenvalue weighted by atomic mass is 9.96. The number of nitrogens with zero attached hydrogens (tertiary/aromatic N) is 3. The zero-order valence-electron chi connectivity index (χ0n) is 12.9. The Labute approximate surface area is 139 Å². The van der Waals surface area contributed by atoms with Crippen LogP contribution in [0.15, 0.2) is 35.2 Å². The fourth-order valence-electron chi connectivity index (χ4n) is 2.84. The first-order valence-corrected chi connectivity index (χ1v) is 8.07. The molecule has 0 aromatic carbocycles. The summed E-state index contributed by atoms with van der Waals surface area (Å²) in [5, 5.41) is 3.37. The Morgan fingerprint density at radius 1 is 1.48 bits per heavy atom. The number of hydrogen-bond donors (Lipinski definition) is 1. The predicted octanol–water partition coefficient (Wildman–Crippen LogP) is 2.93. The van der Waals surface area contributed by atoms with Gasteiger partial charge >= 0.3 is 0 Å². The first-order chi connectivity index (χ1) is 11.1. The van der Waals surface area contributed by atoms with Crippen LogP contribution in [0.2, 0.25) is 5.02 Å². The smallest absolute Gasteiger partial charge is 0.242 e. The minimum Gasteiger partial charge on any atom is -0.449 e. The van der Waals surface area contributed by atoms with Gasteiger partial charge in [0.05, 0.1) is 17.3 Å². The van der Waals surface area contributed by atoms with E-state index in [4.69, 9.17) is 16.0 Å². The summed E-state index contributed by atoms with van der Waals surface area (Å²) in [5.41, 5.74) is 0. The van der Waals surface area contributed by atoms with E-state index in [1.54, 1.807) is 24.6 Å². The van der Waals surface area contributed by atoms with Crippen molar-refractivity contribution in [3.8, 4) is 0 Å². The molecule has 0 radical (unpaired) electrons. The van der Waals surface area contributed by atoms with Gasteiger partial charge in [0.25, 0.3) is 0 Å². The molecule has 2 aromatic heterocycles. The van der Waals surface area contributed by atoms with Crippen molar-refractivity contribution < 1.29 is 9.21 Å². The first kappa shape index (κ1) is 16.0. The third kappa shape index (κ3) is 3.89. The molecule has 1 fully saturated rings. The van der Waals surface area contributed by atoms with Crippen molar-refractivity contribution in [2.24, 2.45) is 0 Å². The quantitative estimate of drug-likeness (QED) is 0.930. The number of amides is 1. The molecule has 0 spiro atoms. The second-order valence-corrected chi connectivity index (χ2v) is 6.17. The maximum absolute atomic E-state index is 12.4. The molecule has 1 saturated heterocycles. The molecule has 1 aliphatic rings.